The number of hydrogen-bond acceptors (Lipinski definition) is 2. The highest BCUT2D eigenvalue weighted by Crippen LogP contribution is 2.49. The summed E-state index contributed by atoms with van der Waals surface area (Å²) in [5, 5.41) is 3.69. The lowest BCUT2D eigenvalue weighted by atomic mass is 10.1. The fourth-order valence-electron chi connectivity index (χ4n) is 2.09. The number of halogens is 2. The van der Waals surface area contributed by atoms with Gasteiger partial charge in [0.15, 0.2) is 0 Å². The van der Waals surface area contributed by atoms with Crippen LogP contribution in [0, 0.1) is 11.8 Å². The van der Waals surface area contributed by atoms with Crippen LogP contribution in [0.4, 0.5) is 0 Å². The summed E-state index contributed by atoms with van der Waals surface area (Å²) in [5.74, 6) is 1.72. The average molecular weight is 367 g/mol. The van der Waals surface area contributed by atoms with E-state index in [1.807, 2.05) is 11.3 Å². The van der Waals surface area contributed by atoms with Crippen LogP contribution in [0.3, 0.4) is 0 Å². The quantitative estimate of drug-likeness (QED) is 0.775. The van der Waals surface area contributed by atoms with E-state index in [-0.39, 0.29) is 0 Å². The normalized spacial score (nSPS) is 25.8. The molecule has 0 aromatic carbocycles. The second kappa shape index (κ2) is 5.51. The molecule has 1 aromatic rings. The van der Waals surface area contributed by atoms with Crippen molar-refractivity contribution in [2.45, 2.75) is 32.7 Å². The molecule has 0 radical (unpaired) electrons. The number of nitrogens with one attached hydrogen (secondary N) is 1. The van der Waals surface area contributed by atoms with Crippen LogP contribution >= 0.6 is 43.2 Å². The number of hydrogen-bond donors (Lipinski definition) is 1. The van der Waals surface area contributed by atoms with Crippen molar-refractivity contribution in [1.82, 2.24) is 5.32 Å². The fraction of sp³-hybridized carbons (Fsp3) is 0.667. The molecular weight excluding hydrogens is 350 g/mol. The monoisotopic (exact) mass is 365 g/mol. The van der Waals surface area contributed by atoms with E-state index in [1.54, 1.807) is 0 Å². The van der Waals surface area contributed by atoms with Crippen molar-refractivity contribution in [2.24, 2.45) is 11.8 Å². The van der Waals surface area contributed by atoms with Gasteiger partial charge in [0.2, 0.25) is 0 Å². The molecule has 3 unspecified atom stereocenters. The Hall–Kier alpha value is 0.620. The Balaban J connectivity index is 2.11. The molecule has 1 fully saturated rings. The lowest BCUT2D eigenvalue weighted by Gasteiger charge is -2.16. The molecule has 2 rings (SSSR count). The lowest BCUT2D eigenvalue weighted by Crippen LogP contribution is -2.23. The zero-order valence-electron chi connectivity index (χ0n) is 9.59. The predicted molar refractivity (Wildman–Crippen MR) is 78.0 cm³/mol. The Bertz CT molecular complexity index is 344. The zero-order chi connectivity index (χ0) is 11.7. The third kappa shape index (κ3) is 2.89. The van der Waals surface area contributed by atoms with Gasteiger partial charge >= 0.3 is 0 Å². The first-order chi connectivity index (χ1) is 7.63. The van der Waals surface area contributed by atoms with Gasteiger partial charge in [-0.15, -0.1) is 11.3 Å². The summed E-state index contributed by atoms with van der Waals surface area (Å²) >= 11 is 9.00. The van der Waals surface area contributed by atoms with E-state index in [0.29, 0.717) is 6.04 Å². The van der Waals surface area contributed by atoms with Crippen molar-refractivity contribution in [3.05, 3.63) is 19.2 Å². The van der Waals surface area contributed by atoms with Crippen LogP contribution in [0.2, 0.25) is 0 Å². The van der Waals surface area contributed by atoms with E-state index < -0.39 is 0 Å². The molecule has 1 saturated carbocycles. The highest BCUT2D eigenvalue weighted by Gasteiger charge is 2.40. The molecule has 4 heteroatoms. The Morgan fingerprint density at radius 3 is 2.69 bits per heavy atom. The van der Waals surface area contributed by atoms with Gasteiger partial charge in [-0.3, -0.25) is 0 Å². The van der Waals surface area contributed by atoms with Crippen LogP contribution in [-0.2, 0) is 0 Å². The van der Waals surface area contributed by atoms with Crippen LogP contribution in [-0.4, -0.2) is 6.54 Å². The van der Waals surface area contributed by atoms with Crippen LogP contribution in [0.25, 0.3) is 0 Å². The Kier molecular flexibility index (Phi) is 4.50. The van der Waals surface area contributed by atoms with Crippen LogP contribution in [0.15, 0.2) is 14.3 Å². The largest absolute Gasteiger partial charge is 0.309 e. The molecular formula is C12H17Br2NS. The van der Waals surface area contributed by atoms with Gasteiger partial charge in [-0.25, -0.2) is 0 Å². The smallest absolute Gasteiger partial charge is 0.0843 e. The molecule has 1 N–H and O–H groups in total. The first-order valence-electron chi connectivity index (χ1n) is 5.81. The van der Waals surface area contributed by atoms with Gasteiger partial charge < -0.3 is 5.32 Å². The summed E-state index contributed by atoms with van der Waals surface area (Å²) in [7, 11) is 0. The van der Waals surface area contributed by atoms with Crippen LogP contribution in [0.5, 0.6) is 0 Å². The van der Waals surface area contributed by atoms with Crippen molar-refractivity contribution in [3.63, 3.8) is 0 Å². The molecule has 1 aromatic heterocycles. The van der Waals surface area contributed by atoms with E-state index in [0.717, 1.165) is 18.4 Å². The standard InChI is InChI=1S/C12H17Br2NS/c1-3-4-15-11(8-5-7(8)2)10-6-9(13)12(14)16-10/h6-8,11,15H,3-5H2,1-2H3. The maximum atomic E-state index is 3.69. The van der Waals surface area contributed by atoms with Crippen molar-refractivity contribution in [2.75, 3.05) is 6.54 Å². The minimum Gasteiger partial charge on any atom is -0.309 e. The molecule has 1 nitrogen and oxygen atoms in total. The molecule has 0 bridgehead atoms. The molecule has 16 heavy (non-hydrogen) atoms. The van der Waals surface area contributed by atoms with E-state index in [4.69, 9.17) is 0 Å². The predicted octanol–water partition coefficient (Wildman–Crippen LogP) is 4.97. The minimum atomic E-state index is 0.558. The maximum absolute atomic E-state index is 3.69. The summed E-state index contributed by atoms with van der Waals surface area (Å²) < 4.78 is 2.39. The van der Waals surface area contributed by atoms with Crippen molar-refractivity contribution < 1.29 is 0 Å². The van der Waals surface area contributed by atoms with Crippen LogP contribution in [0.1, 0.15) is 37.6 Å². The van der Waals surface area contributed by atoms with Gasteiger partial charge in [-0.1, -0.05) is 13.8 Å². The third-order valence-corrected chi connectivity index (χ3v) is 6.52. The topological polar surface area (TPSA) is 12.0 Å². The van der Waals surface area contributed by atoms with E-state index in [9.17, 15) is 0 Å². The molecule has 0 spiro atoms. The fourth-order valence-corrected chi connectivity index (χ4v) is 4.34. The van der Waals surface area contributed by atoms with Gasteiger partial charge in [-0.2, -0.15) is 0 Å². The highest BCUT2D eigenvalue weighted by atomic mass is 79.9. The van der Waals surface area contributed by atoms with E-state index in [1.165, 1.54) is 26.0 Å². The van der Waals surface area contributed by atoms with E-state index in [2.05, 4.69) is 57.1 Å². The summed E-state index contributed by atoms with van der Waals surface area (Å²) in [6.45, 7) is 5.69. The molecule has 0 amide bonds. The summed E-state index contributed by atoms with van der Waals surface area (Å²) in [4.78, 5) is 1.46. The van der Waals surface area contributed by atoms with Gasteiger partial charge in [0.1, 0.15) is 0 Å². The third-order valence-electron chi connectivity index (χ3n) is 3.18. The van der Waals surface area contributed by atoms with Gasteiger partial charge in [0, 0.05) is 15.4 Å². The average Bonchev–Trinajstić information content (AvgIpc) is 2.86. The molecule has 1 aliphatic rings. The molecule has 0 aliphatic heterocycles. The van der Waals surface area contributed by atoms with Gasteiger partial charge in [0.05, 0.1) is 3.79 Å². The Morgan fingerprint density at radius 2 is 2.25 bits per heavy atom. The number of thiophene rings is 1. The second-order valence-corrected chi connectivity index (χ2v) is 7.84. The molecule has 3 atom stereocenters. The molecule has 90 valence electrons. The molecule has 1 heterocycles. The SMILES string of the molecule is CCCNC(c1cc(Br)c(Br)s1)C1CC1C. The first-order valence-corrected chi connectivity index (χ1v) is 8.21. The summed E-state index contributed by atoms with van der Waals surface area (Å²) in [5.41, 5.74) is 0. The highest BCUT2D eigenvalue weighted by molar-refractivity contribution is 9.13. The number of rotatable bonds is 5. The zero-order valence-corrected chi connectivity index (χ0v) is 13.6. The Labute approximate surface area is 118 Å². The van der Waals surface area contributed by atoms with Crippen molar-refractivity contribution >= 4 is 43.2 Å². The first kappa shape index (κ1) is 13.1. The summed E-state index contributed by atoms with van der Waals surface area (Å²) in [6, 6.07) is 2.81. The minimum absolute atomic E-state index is 0.558. The maximum Gasteiger partial charge on any atom is 0.0843 e. The van der Waals surface area contributed by atoms with Gasteiger partial charge in [0.25, 0.3) is 0 Å². The molecule has 1 aliphatic carbocycles. The lowest BCUT2D eigenvalue weighted by molar-refractivity contribution is 0.469. The van der Waals surface area contributed by atoms with Gasteiger partial charge in [-0.05, 0) is 69.1 Å². The van der Waals surface area contributed by atoms with Crippen molar-refractivity contribution in [3.8, 4) is 0 Å². The summed E-state index contributed by atoms with van der Waals surface area (Å²) in [6.07, 6.45) is 2.57. The van der Waals surface area contributed by atoms with Crippen LogP contribution < -0.4 is 5.32 Å². The van der Waals surface area contributed by atoms with Crippen molar-refractivity contribution in [1.29, 1.82) is 0 Å². The Morgan fingerprint density at radius 1 is 1.56 bits per heavy atom. The second-order valence-electron chi connectivity index (χ2n) is 4.58. The van der Waals surface area contributed by atoms with E-state index >= 15 is 0 Å². The molecule has 0 saturated heterocycles.